The fourth-order valence-electron chi connectivity index (χ4n) is 1.94. The van der Waals surface area contributed by atoms with Gasteiger partial charge in [0.25, 0.3) is 5.91 Å². The predicted molar refractivity (Wildman–Crippen MR) is 82.3 cm³/mol. The molecule has 1 N–H and O–H groups in total. The van der Waals surface area contributed by atoms with Gasteiger partial charge >= 0.3 is 0 Å². The second-order valence-corrected chi connectivity index (χ2v) is 5.83. The molecule has 0 spiro atoms. The third-order valence-electron chi connectivity index (χ3n) is 3.26. The van der Waals surface area contributed by atoms with Crippen molar-refractivity contribution in [3.63, 3.8) is 0 Å². The maximum atomic E-state index is 11.8. The Morgan fingerprint density at radius 3 is 2.65 bits per heavy atom. The second-order valence-electron chi connectivity index (χ2n) is 4.80. The van der Waals surface area contributed by atoms with Crippen molar-refractivity contribution in [2.75, 3.05) is 6.61 Å². The van der Waals surface area contributed by atoms with Crippen LogP contribution in [0.25, 0.3) is 0 Å². The van der Waals surface area contributed by atoms with Gasteiger partial charge < -0.3 is 10.1 Å². The van der Waals surface area contributed by atoms with Gasteiger partial charge in [0.15, 0.2) is 6.61 Å². The Bertz CT molecular complexity index is 591. The maximum Gasteiger partial charge on any atom is 0.258 e. The molecule has 0 radical (unpaired) electrons. The number of carbonyl (C=O) groups excluding carboxylic acids is 1. The van der Waals surface area contributed by atoms with Crippen LogP contribution < -0.4 is 10.1 Å². The molecule has 3 nitrogen and oxygen atoms in total. The van der Waals surface area contributed by atoms with Gasteiger partial charge in [-0.3, -0.25) is 4.79 Å². The first kappa shape index (κ1) is 14.6. The molecule has 2 aromatic rings. The van der Waals surface area contributed by atoms with Gasteiger partial charge in [-0.25, -0.2) is 0 Å². The highest BCUT2D eigenvalue weighted by Crippen LogP contribution is 2.25. The third-order valence-corrected chi connectivity index (χ3v) is 4.14. The van der Waals surface area contributed by atoms with E-state index in [0.717, 1.165) is 21.8 Å². The number of ether oxygens (including phenoxy) is 1. The number of carbonyl (C=O) groups is 1. The number of thiophene rings is 1. The topological polar surface area (TPSA) is 38.3 Å². The molecule has 106 valence electrons. The summed E-state index contributed by atoms with van der Waals surface area (Å²) in [5.41, 5.74) is 3.32. The Balaban J connectivity index is 1.89. The first-order valence-corrected chi connectivity index (χ1v) is 7.44. The van der Waals surface area contributed by atoms with E-state index in [4.69, 9.17) is 4.74 Å². The number of benzene rings is 1. The van der Waals surface area contributed by atoms with Crippen molar-refractivity contribution < 1.29 is 9.53 Å². The molecule has 0 aliphatic carbocycles. The van der Waals surface area contributed by atoms with Crippen LogP contribution >= 0.6 is 11.3 Å². The molecular formula is C16H19NO2S. The molecule has 1 aromatic carbocycles. The summed E-state index contributed by atoms with van der Waals surface area (Å²) in [6, 6.07) is 8.05. The molecule has 0 saturated carbocycles. The van der Waals surface area contributed by atoms with Gasteiger partial charge in [0.05, 0.1) is 6.54 Å². The minimum Gasteiger partial charge on any atom is -0.483 e. The minimum atomic E-state index is -0.0984. The van der Waals surface area contributed by atoms with Crippen molar-refractivity contribution in [2.45, 2.75) is 27.3 Å². The SMILES string of the molecule is Cc1ccc(C)c(OCC(=O)NCc2cccs2)c1C. The molecule has 0 aliphatic rings. The molecule has 0 fully saturated rings. The van der Waals surface area contributed by atoms with Crippen molar-refractivity contribution in [3.05, 3.63) is 51.2 Å². The number of hydrogen-bond acceptors (Lipinski definition) is 3. The van der Waals surface area contributed by atoms with Crippen molar-refractivity contribution >= 4 is 17.2 Å². The average molecular weight is 289 g/mol. The summed E-state index contributed by atoms with van der Waals surface area (Å²) < 4.78 is 5.67. The Labute approximate surface area is 123 Å². The van der Waals surface area contributed by atoms with Crippen molar-refractivity contribution in [1.82, 2.24) is 5.32 Å². The van der Waals surface area contributed by atoms with Crippen LogP contribution in [0.3, 0.4) is 0 Å². The minimum absolute atomic E-state index is 0.0521. The summed E-state index contributed by atoms with van der Waals surface area (Å²) in [4.78, 5) is 12.9. The van der Waals surface area contributed by atoms with Gasteiger partial charge in [0, 0.05) is 4.88 Å². The van der Waals surface area contributed by atoms with Crippen LogP contribution in [0.4, 0.5) is 0 Å². The maximum absolute atomic E-state index is 11.8. The number of amides is 1. The van der Waals surface area contributed by atoms with Gasteiger partial charge in [-0.15, -0.1) is 11.3 Å². The zero-order valence-electron chi connectivity index (χ0n) is 12.0. The van der Waals surface area contributed by atoms with E-state index in [0.29, 0.717) is 6.54 Å². The van der Waals surface area contributed by atoms with Gasteiger partial charge in [-0.05, 0) is 48.9 Å². The van der Waals surface area contributed by atoms with E-state index >= 15 is 0 Å². The molecular weight excluding hydrogens is 270 g/mol. The van der Waals surface area contributed by atoms with Gasteiger partial charge in [0.2, 0.25) is 0 Å². The number of nitrogens with one attached hydrogen (secondary N) is 1. The largest absolute Gasteiger partial charge is 0.483 e. The smallest absolute Gasteiger partial charge is 0.258 e. The first-order valence-electron chi connectivity index (χ1n) is 6.56. The van der Waals surface area contributed by atoms with Crippen LogP contribution in [-0.4, -0.2) is 12.5 Å². The van der Waals surface area contributed by atoms with Crippen LogP contribution in [0.5, 0.6) is 5.75 Å². The number of hydrogen-bond donors (Lipinski definition) is 1. The average Bonchev–Trinajstić information content (AvgIpc) is 2.94. The predicted octanol–water partition coefficient (Wildman–Crippen LogP) is 3.37. The molecule has 1 heterocycles. The van der Waals surface area contributed by atoms with Crippen LogP contribution in [0.15, 0.2) is 29.6 Å². The van der Waals surface area contributed by atoms with E-state index in [1.54, 1.807) is 11.3 Å². The fraction of sp³-hybridized carbons (Fsp3) is 0.312. The van der Waals surface area contributed by atoms with E-state index in [9.17, 15) is 4.79 Å². The van der Waals surface area contributed by atoms with Crippen LogP contribution in [-0.2, 0) is 11.3 Å². The third kappa shape index (κ3) is 3.61. The molecule has 1 aromatic heterocycles. The molecule has 0 unspecified atom stereocenters. The molecule has 0 atom stereocenters. The van der Waals surface area contributed by atoms with Crippen LogP contribution in [0.1, 0.15) is 21.6 Å². The Hall–Kier alpha value is -1.81. The van der Waals surface area contributed by atoms with Crippen LogP contribution in [0, 0.1) is 20.8 Å². The molecule has 2 rings (SSSR count). The quantitative estimate of drug-likeness (QED) is 0.916. The molecule has 0 saturated heterocycles. The summed E-state index contributed by atoms with van der Waals surface area (Å²) in [5.74, 6) is 0.718. The summed E-state index contributed by atoms with van der Waals surface area (Å²) in [5, 5.41) is 4.85. The highest BCUT2D eigenvalue weighted by Gasteiger charge is 2.09. The summed E-state index contributed by atoms with van der Waals surface area (Å²) in [7, 11) is 0. The Kier molecular flexibility index (Phi) is 4.79. The molecule has 1 amide bonds. The molecule has 0 aliphatic heterocycles. The summed E-state index contributed by atoms with van der Waals surface area (Å²) >= 11 is 1.63. The number of aryl methyl sites for hydroxylation is 2. The van der Waals surface area contributed by atoms with Gasteiger partial charge in [0.1, 0.15) is 5.75 Å². The molecule has 4 heteroatoms. The number of rotatable bonds is 5. The standard InChI is InChI=1S/C16H19NO2S/c1-11-6-7-12(2)16(13(11)3)19-10-15(18)17-9-14-5-4-8-20-14/h4-8H,9-10H2,1-3H3,(H,17,18). The zero-order chi connectivity index (χ0) is 14.5. The van der Waals surface area contributed by atoms with E-state index in [2.05, 4.69) is 11.4 Å². The first-order chi connectivity index (χ1) is 9.58. The van der Waals surface area contributed by atoms with E-state index in [-0.39, 0.29) is 12.5 Å². The van der Waals surface area contributed by atoms with Crippen molar-refractivity contribution in [2.24, 2.45) is 0 Å². The summed E-state index contributed by atoms with van der Waals surface area (Å²) in [6.45, 7) is 6.66. The normalized spacial score (nSPS) is 10.3. The monoisotopic (exact) mass is 289 g/mol. The lowest BCUT2D eigenvalue weighted by molar-refractivity contribution is -0.123. The van der Waals surface area contributed by atoms with E-state index < -0.39 is 0 Å². The molecule has 0 bridgehead atoms. The van der Waals surface area contributed by atoms with Crippen molar-refractivity contribution in [1.29, 1.82) is 0 Å². The lowest BCUT2D eigenvalue weighted by Gasteiger charge is -2.13. The second kappa shape index (κ2) is 6.57. The lowest BCUT2D eigenvalue weighted by atomic mass is 10.1. The van der Waals surface area contributed by atoms with Gasteiger partial charge in [-0.2, -0.15) is 0 Å². The highest BCUT2D eigenvalue weighted by molar-refractivity contribution is 7.09. The summed E-state index contributed by atoms with van der Waals surface area (Å²) in [6.07, 6.45) is 0. The Morgan fingerprint density at radius 2 is 1.95 bits per heavy atom. The van der Waals surface area contributed by atoms with Gasteiger partial charge in [-0.1, -0.05) is 18.2 Å². The fourth-order valence-corrected chi connectivity index (χ4v) is 2.58. The molecule has 20 heavy (non-hydrogen) atoms. The van der Waals surface area contributed by atoms with E-state index in [1.165, 1.54) is 5.56 Å². The van der Waals surface area contributed by atoms with Crippen LogP contribution in [0.2, 0.25) is 0 Å². The highest BCUT2D eigenvalue weighted by atomic mass is 32.1. The zero-order valence-corrected chi connectivity index (χ0v) is 12.8. The lowest BCUT2D eigenvalue weighted by Crippen LogP contribution is -2.28. The Morgan fingerprint density at radius 1 is 1.20 bits per heavy atom. The van der Waals surface area contributed by atoms with E-state index in [1.807, 2.05) is 44.4 Å². The van der Waals surface area contributed by atoms with Crippen molar-refractivity contribution in [3.8, 4) is 5.75 Å².